The van der Waals surface area contributed by atoms with E-state index in [2.05, 4.69) is 24.4 Å². The molecule has 0 aromatic heterocycles. The molecule has 1 N–H and O–H groups in total. The van der Waals surface area contributed by atoms with E-state index >= 15 is 0 Å². The average Bonchev–Trinajstić information content (AvgIpc) is 2.39. The first-order valence-electron chi connectivity index (χ1n) is 6.04. The summed E-state index contributed by atoms with van der Waals surface area (Å²) in [4.78, 5) is 12.3. The summed E-state index contributed by atoms with van der Waals surface area (Å²) in [5.74, 6) is 0.284. The van der Waals surface area contributed by atoms with E-state index < -0.39 is 5.41 Å². The van der Waals surface area contributed by atoms with Gasteiger partial charge in [-0.25, -0.2) is 0 Å². The number of nitrogens with one attached hydrogen (secondary N) is 1. The quantitative estimate of drug-likeness (QED) is 0.781. The van der Waals surface area contributed by atoms with Crippen molar-refractivity contribution in [2.45, 2.75) is 19.3 Å². The molecule has 17 heavy (non-hydrogen) atoms. The van der Waals surface area contributed by atoms with Crippen molar-refractivity contribution in [3.05, 3.63) is 54.1 Å². The van der Waals surface area contributed by atoms with Crippen molar-refractivity contribution < 1.29 is 4.79 Å². The molecule has 1 aromatic rings. The molecule has 1 heterocycles. The summed E-state index contributed by atoms with van der Waals surface area (Å²) >= 11 is 0. The lowest BCUT2D eigenvalue weighted by molar-refractivity contribution is -0.124. The summed E-state index contributed by atoms with van der Waals surface area (Å²) in [6, 6.07) is 8.07. The van der Waals surface area contributed by atoms with Gasteiger partial charge in [-0.05, 0) is 18.1 Å². The number of carbonyl (C=O) groups is 1. The Labute approximate surface area is 101 Å². The Morgan fingerprint density at radius 3 is 2.94 bits per heavy atom. The largest absolute Gasteiger partial charge is 0.325 e. The van der Waals surface area contributed by atoms with E-state index in [-0.39, 0.29) is 11.8 Å². The second-order valence-electron chi connectivity index (χ2n) is 4.66. The highest BCUT2D eigenvalue weighted by Gasteiger charge is 2.46. The van der Waals surface area contributed by atoms with Crippen molar-refractivity contribution in [3.8, 4) is 0 Å². The van der Waals surface area contributed by atoms with Gasteiger partial charge in [0.25, 0.3) is 0 Å². The predicted octanol–water partition coefficient (Wildman–Crippen LogP) is 3.24. The van der Waals surface area contributed by atoms with E-state index in [1.54, 1.807) is 0 Å². The number of rotatable bonds is 1. The van der Waals surface area contributed by atoms with Gasteiger partial charge in [-0.3, -0.25) is 4.79 Å². The summed E-state index contributed by atoms with van der Waals surface area (Å²) in [6.07, 6.45) is 9.02. The summed E-state index contributed by atoms with van der Waals surface area (Å²) in [5.41, 5.74) is 1.77. The summed E-state index contributed by atoms with van der Waals surface area (Å²) in [6.45, 7) is 2.07. The SMILES string of the molecule is CC[C@]12C=CC=C[C@H]1c1ccccc1NC2=O. The highest BCUT2D eigenvalue weighted by molar-refractivity contribution is 6.01. The maximum Gasteiger partial charge on any atom is 0.235 e. The van der Waals surface area contributed by atoms with Crippen LogP contribution in [0.15, 0.2) is 48.6 Å². The van der Waals surface area contributed by atoms with Crippen LogP contribution in [0.1, 0.15) is 24.8 Å². The smallest absolute Gasteiger partial charge is 0.235 e. The maximum absolute atomic E-state index is 12.3. The molecule has 0 fully saturated rings. The maximum atomic E-state index is 12.3. The minimum absolute atomic E-state index is 0.115. The fraction of sp³-hybridized carbons (Fsp3) is 0.267. The minimum Gasteiger partial charge on any atom is -0.325 e. The number of fused-ring (bicyclic) bond motifs is 3. The van der Waals surface area contributed by atoms with Gasteiger partial charge in [-0.1, -0.05) is 49.4 Å². The summed E-state index contributed by atoms with van der Waals surface area (Å²) in [7, 11) is 0. The Balaban J connectivity index is 2.21. The first-order valence-corrected chi connectivity index (χ1v) is 6.04. The monoisotopic (exact) mass is 225 g/mol. The van der Waals surface area contributed by atoms with Gasteiger partial charge in [-0.2, -0.15) is 0 Å². The highest BCUT2D eigenvalue weighted by atomic mass is 16.2. The van der Waals surface area contributed by atoms with E-state index in [0.29, 0.717) is 0 Å². The summed E-state index contributed by atoms with van der Waals surface area (Å²) < 4.78 is 0. The fourth-order valence-corrected chi connectivity index (χ4v) is 2.90. The molecular weight excluding hydrogens is 210 g/mol. The number of para-hydroxylation sites is 1. The first-order chi connectivity index (χ1) is 8.28. The van der Waals surface area contributed by atoms with Crippen molar-refractivity contribution in [3.63, 3.8) is 0 Å². The van der Waals surface area contributed by atoms with Crippen molar-refractivity contribution in [1.82, 2.24) is 0 Å². The lowest BCUT2D eigenvalue weighted by Gasteiger charge is -2.41. The second-order valence-corrected chi connectivity index (χ2v) is 4.66. The lowest BCUT2D eigenvalue weighted by Crippen LogP contribution is -2.43. The Kier molecular flexibility index (Phi) is 2.18. The molecular formula is C15H15NO. The molecule has 2 atom stereocenters. The van der Waals surface area contributed by atoms with Crippen LogP contribution in [0, 0.1) is 5.41 Å². The van der Waals surface area contributed by atoms with Crippen LogP contribution < -0.4 is 5.32 Å². The molecule has 86 valence electrons. The minimum atomic E-state index is -0.400. The van der Waals surface area contributed by atoms with Gasteiger partial charge in [0.15, 0.2) is 0 Å². The van der Waals surface area contributed by atoms with E-state index in [9.17, 15) is 4.79 Å². The van der Waals surface area contributed by atoms with Crippen LogP contribution in [0.2, 0.25) is 0 Å². The standard InChI is InChI=1S/C15H15NO/c1-2-15-10-6-5-8-12(15)11-7-3-4-9-13(11)16-14(15)17/h3-10,12H,2H2,1H3,(H,16,17)/t12-,15-/m0/s1. The molecule has 2 heteroatoms. The van der Waals surface area contributed by atoms with Gasteiger partial charge in [-0.15, -0.1) is 0 Å². The molecule has 2 aliphatic rings. The van der Waals surface area contributed by atoms with Gasteiger partial charge in [0, 0.05) is 11.6 Å². The Bertz CT molecular complexity index is 529. The lowest BCUT2D eigenvalue weighted by atomic mass is 9.65. The van der Waals surface area contributed by atoms with Crippen LogP contribution in [-0.4, -0.2) is 5.91 Å². The highest BCUT2D eigenvalue weighted by Crippen LogP contribution is 2.49. The molecule has 1 amide bonds. The third-order valence-electron chi connectivity index (χ3n) is 3.92. The average molecular weight is 225 g/mol. The van der Waals surface area contributed by atoms with E-state index in [1.807, 2.05) is 36.4 Å². The van der Waals surface area contributed by atoms with Crippen LogP contribution in [0.25, 0.3) is 0 Å². The number of anilines is 1. The van der Waals surface area contributed by atoms with Crippen LogP contribution in [0.4, 0.5) is 5.69 Å². The molecule has 3 rings (SSSR count). The van der Waals surface area contributed by atoms with Crippen molar-refractivity contribution in [1.29, 1.82) is 0 Å². The number of hydrogen-bond donors (Lipinski definition) is 1. The van der Waals surface area contributed by atoms with Gasteiger partial charge in [0.1, 0.15) is 0 Å². The Hall–Kier alpha value is -1.83. The van der Waals surface area contributed by atoms with Crippen LogP contribution >= 0.6 is 0 Å². The van der Waals surface area contributed by atoms with Gasteiger partial charge in [0.05, 0.1) is 5.41 Å². The number of benzene rings is 1. The predicted molar refractivity (Wildman–Crippen MR) is 68.8 cm³/mol. The van der Waals surface area contributed by atoms with E-state index in [4.69, 9.17) is 0 Å². The van der Waals surface area contributed by atoms with Crippen LogP contribution in [0.5, 0.6) is 0 Å². The molecule has 1 aromatic carbocycles. The second kappa shape index (κ2) is 3.59. The van der Waals surface area contributed by atoms with Gasteiger partial charge in [0.2, 0.25) is 5.91 Å². The first kappa shape index (κ1) is 10.3. The molecule has 1 aliphatic heterocycles. The molecule has 0 saturated carbocycles. The van der Waals surface area contributed by atoms with Crippen molar-refractivity contribution >= 4 is 11.6 Å². The number of hydrogen-bond acceptors (Lipinski definition) is 1. The van der Waals surface area contributed by atoms with Crippen LogP contribution in [-0.2, 0) is 4.79 Å². The number of carbonyl (C=O) groups excluding carboxylic acids is 1. The van der Waals surface area contributed by atoms with Crippen molar-refractivity contribution in [2.75, 3.05) is 5.32 Å². The molecule has 0 saturated heterocycles. The zero-order chi connectivity index (χ0) is 11.9. The number of allylic oxidation sites excluding steroid dienone is 3. The summed E-state index contributed by atoms with van der Waals surface area (Å²) in [5, 5.41) is 3.03. The third kappa shape index (κ3) is 1.30. The van der Waals surface area contributed by atoms with Gasteiger partial charge < -0.3 is 5.32 Å². The molecule has 1 aliphatic carbocycles. The molecule has 0 unspecified atom stereocenters. The molecule has 0 spiro atoms. The normalized spacial score (nSPS) is 29.5. The molecule has 0 radical (unpaired) electrons. The Morgan fingerprint density at radius 2 is 2.12 bits per heavy atom. The Morgan fingerprint density at radius 1 is 1.29 bits per heavy atom. The van der Waals surface area contributed by atoms with Crippen LogP contribution in [0.3, 0.4) is 0 Å². The molecule has 0 bridgehead atoms. The third-order valence-corrected chi connectivity index (χ3v) is 3.92. The number of amides is 1. The zero-order valence-corrected chi connectivity index (χ0v) is 9.81. The van der Waals surface area contributed by atoms with E-state index in [1.165, 1.54) is 5.56 Å². The fourth-order valence-electron chi connectivity index (χ4n) is 2.90. The van der Waals surface area contributed by atoms with Gasteiger partial charge >= 0.3 is 0 Å². The zero-order valence-electron chi connectivity index (χ0n) is 9.81. The van der Waals surface area contributed by atoms with Crippen molar-refractivity contribution in [2.24, 2.45) is 5.41 Å². The topological polar surface area (TPSA) is 29.1 Å². The molecule has 2 nitrogen and oxygen atoms in total. The van der Waals surface area contributed by atoms with E-state index in [0.717, 1.165) is 12.1 Å².